The van der Waals surface area contributed by atoms with E-state index >= 15 is 0 Å². The van der Waals surface area contributed by atoms with Crippen LogP contribution in [0, 0.1) is 0 Å². The summed E-state index contributed by atoms with van der Waals surface area (Å²) in [5.74, 6) is 1.33. The molecule has 26 heavy (non-hydrogen) atoms. The third-order valence-electron chi connectivity index (χ3n) is 3.48. The minimum Gasteiger partial charge on any atom is -0.497 e. The highest BCUT2D eigenvalue weighted by atomic mass is 35.5. The van der Waals surface area contributed by atoms with Crippen LogP contribution in [0.5, 0.6) is 11.5 Å². The van der Waals surface area contributed by atoms with Crippen molar-refractivity contribution in [3.63, 3.8) is 0 Å². The Hall–Kier alpha value is -2.99. The van der Waals surface area contributed by atoms with Crippen LogP contribution in [0.4, 0.5) is 0 Å². The molecular weight excluding hydrogens is 358 g/mol. The van der Waals surface area contributed by atoms with Crippen LogP contribution >= 0.6 is 11.6 Å². The number of aromatic nitrogens is 1. The molecule has 6 nitrogen and oxygen atoms in total. The van der Waals surface area contributed by atoms with Gasteiger partial charge in [-0.1, -0.05) is 16.8 Å². The van der Waals surface area contributed by atoms with E-state index in [9.17, 15) is 4.79 Å². The summed E-state index contributed by atoms with van der Waals surface area (Å²) in [6.45, 7) is -0.198. The molecule has 3 rings (SSSR count). The Morgan fingerprint density at radius 1 is 1.08 bits per heavy atom. The van der Waals surface area contributed by atoms with Crippen LogP contribution in [0.3, 0.4) is 0 Å². The largest absolute Gasteiger partial charge is 0.497 e. The second-order valence-corrected chi connectivity index (χ2v) is 5.75. The van der Waals surface area contributed by atoms with Crippen LogP contribution in [0.2, 0.25) is 5.02 Å². The lowest BCUT2D eigenvalue weighted by Crippen LogP contribution is -2.14. The summed E-state index contributed by atoms with van der Waals surface area (Å²) in [6, 6.07) is 15.8. The molecule has 0 bridgehead atoms. The molecule has 0 aliphatic carbocycles. The van der Waals surface area contributed by atoms with Crippen molar-refractivity contribution in [1.82, 2.24) is 5.16 Å². The van der Waals surface area contributed by atoms with Crippen molar-refractivity contribution in [2.75, 3.05) is 13.7 Å². The van der Waals surface area contributed by atoms with Gasteiger partial charge in [-0.05, 0) is 48.5 Å². The zero-order valence-electron chi connectivity index (χ0n) is 14.0. The summed E-state index contributed by atoms with van der Waals surface area (Å²) in [5, 5.41) is 4.52. The highest BCUT2D eigenvalue weighted by Gasteiger charge is 2.10. The number of hydrogen-bond donors (Lipinski definition) is 0. The van der Waals surface area contributed by atoms with Crippen molar-refractivity contribution in [2.45, 2.75) is 6.61 Å². The maximum atomic E-state index is 11.8. The highest BCUT2D eigenvalue weighted by molar-refractivity contribution is 6.30. The van der Waals surface area contributed by atoms with Crippen LogP contribution in [0.1, 0.15) is 5.69 Å². The summed E-state index contributed by atoms with van der Waals surface area (Å²) >= 11 is 5.86. The van der Waals surface area contributed by atoms with Gasteiger partial charge in [0.1, 0.15) is 23.8 Å². The van der Waals surface area contributed by atoms with Crippen molar-refractivity contribution in [3.05, 3.63) is 65.3 Å². The van der Waals surface area contributed by atoms with Gasteiger partial charge in [0.2, 0.25) is 0 Å². The van der Waals surface area contributed by atoms with E-state index in [1.807, 2.05) is 12.1 Å². The van der Waals surface area contributed by atoms with E-state index in [0.717, 1.165) is 5.56 Å². The number of hydrogen-bond acceptors (Lipinski definition) is 6. The average molecular weight is 374 g/mol. The molecule has 0 radical (unpaired) electrons. The molecule has 0 fully saturated rings. The second-order valence-electron chi connectivity index (χ2n) is 5.31. The van der Waals surface area contributed by atoms with Gasteiger partial charge >= 0.3 is 5.97 Å². The monoisotopic (exact) mass is 373 g/mol. The molecule has 1 aromatic heterocycles. The Morgan fingerprint density at radius 2 is 1.77 bits per heavy atom. The molecule has 0 aliphatic heterocycles. The van der Waals surface area contributed by atoms with Gasteiger partial charge < -0.3 is 18.7 Å². The number of rotatable bonds is 7. The molecule has 0 amide bonds. The highest BCUT2D eigenvalue weighted by Crippen LogP contribution is 2.22. The minimum absolute atomic E-state index is 0.00188. The van der Waals surface area contributed by atoms with E-state index in [1.165, 1.54) is 0 Å². The summed E-state index contributed by atoms with van der Waals surface area (Å²) < 4.78 is 20.8. The number of benzene rings is 2. The van der Waals surface area contributed by atoms with Gasteiger partial charge in [-0.3, -0.25) is 0 Å². The fraction of sp³-hybridized carbons (Fsp3) is 0.158. The molecule has 0 aliphatic rings. The maximum absolute atomic E-state index is 11.8. The Balaban J connectivity index is 1.47. The topological polar surface area (TPSA) is 70.8 Å². The molecular formula is C19H16ClNO5. The minimum atomic E-state index is -0.503. The van der Waals surface area contributed by atoms with Crippen molar-refractivity contribution < 1.29 is 23.5 Å². The predicted molar refractivity (Wildman–Crippen MR) is 95.2 cm³/mol. The second kappa shape index (κ2) is 8.40. The Bertz CT molecular complexity index is 858. The van der Waals surface area contributed by atoms with E-state index in [4.69, 9.17) is 30.3 Å². The van der Waals surface area contributed by atoms with Gasteiger partial charge in [0.05, 0.1) is 7.11 Å². The number of nitrogens with zero attached hydrogens (tertiary/aromatic N) is 1. The van der Waals surface area contributed by atoms with Gasteiger partial charge in [0.25, 0.3) is 0 Å². The van der Waals surface area contributed by atoms with Gasteiger partial charge in [0, 0.05) is 16.7 Å². The predicted octanol–water partition coefficient (Wildman–Crippen LogP) is 4.13. The third kappa shape index (κ3) is 4.77. The van der Waals surface area contributed by atoms with Crippen LogP contribution in [0.25, 0.3) is 11.3 Å². The number of methoxy groups -OCH3 is 1. The summed E-state index contributed by atoms with van der Waals surface area (Å²) in [4.78, 5) is 11.8. The fourth-order valence-corrected chi connectivity index (χ4v) is 2.27. The fourth-order valence-electron chi connectivity index (χ4n) is 2.14. The molecule has 0 N–H and O–H groups in total. The van der Waals surface area contributed by atoms with Crippen LogP contribution in [-0.2, 0) is 16.1 Å². The van der Waals surface area contributed by atoms with Gasteiger partial charge in [-0.2, -0.15) is 0 Å². The number of halogens is 1. The molecule has 1 heterocycles. The zero-order valence-corrected chi connectivity index (χ0v) is 14.7. The van der Waals surface area contributed by atoms with Crippen LogP contribution in [0.15, 0.2) is 59.1 Å². The van der Waals surface area contributed by atoms with E-state index in [2.05, 4.69) is 5.16 Å². The number of carbonyl (C=O) groups is 1. The van der Waals surface area contributed by atoms with E-state index in [-0.39, 0.29) is 13.2 Å². The van der Waals surface area contributed by atoms with Crippen LogP contribution < -0.4 is 9.47 Å². The Labute approximate surface area is 155 Å². The summed E-state index contributed by atoms with van der Waals surface area (Å²) in [6.07, 6.45) is 0. The average Bonchev–Trinajstić information content (AvgIpc) is 3.14. The van der Waals surface area contributed by atoms with E-state index < -0.39 is 5.97 Å². The quantitative estimate of drug-likeness (QED) is 0.580. The lowest BCUT2D eigenvalue weighted by Gasteiger charge is -2.06. The first kappa shape index (κ1) is 17.8. The standard InChI is InChI=1S/C19H16ClNO5/c1-23-16-6-8-17(9-7-16)24-12-19(22)25-11-15-10-18(26-21-15)13-2-4-14(20)5-3-13/h2-10H,11-12H2,1H3. The van der Waals surface area contributed by atoms with Gasteiger partial charge in [-0.25, -0.2) is 4.79 Å². The molecule has 134 valence electrons. The SMILES string of the molecule is COc1ccc(OCC(=O)OCc2cc(-c3ccc(Cl)cc3)on2)cc1. The first-order valence-corrected chi connectivity index (χ1v) is 8.16. The number of esters is 1. The van der Waals surface area contributed by atoms with Gasteiger partial charge in [-0.15, -0.1) is 0 Å². The van der Waals surface area contributed by atoms with Crippen molar-refractivity contribution in [1.29, 1.82) is 0 Å². The normalized spacial score (nSPS) is 10.4. The molecule has 0 saturated carbocycles. The molecule has 0 spiro atoms. The Kier molecular flexibility index (Phi) is 5.76. The van der Waals surface area contributed by atoms with Crippen LogP contribution in [-0.4, -0.2) is 24.8 Å². The lowest BCUT2D eigenvalue weighted by molar-refractivity contribution is -0.147. The smallest absolute Gasteiger partial charge is 0.344 e. The molecule has 7 heteroatoms. The van der Waals surface area contributed by atoms with E-state index in [1.54, 1.807) is 49.6 Å². The molecule has 0 atom stereocenters. The first-order valence-electron chi connectivity index (χ1n) is 7.78. The first-order chi connectivity index (χ1) is 12.6. The number of carbonyl (C=O) groups excluding carboxylic acids is 1. The number of ether oxygens (including phenoxy) is 3. The Morgan fingerprint density at radius 3 is 2.46 bits per heavy atom. The van der Waals surface area contributed by atoms with E-state index in [0.29, 0.717) is 28.0 Å². The summed E-state index contributed by atoms with van der Waals surface area (Å²) in [5.41, 5.74) is 1.34. The van der Waals surface area contributed by atoms with Gasteiger partial charge in [0.15, 0.2) is 12.4 Å². The molecule has 0 saturated heterocycles. The molecule has 3 aromatic rings. The molecule has 0 unspecified atom stereocenters. The lowest BCUT2D eigenvalue weighted by atomic mass is 10.2. The van der Waals surface area contributed by atoms with Crippen molar-refractivity contribution in [2.24, 2.45) is 0 Å². The van der Waals surface area contributed by atoms with Crippen molar-refractivity contribution in [3.8, 4) is 22.8 Å². The van der Waals surface area contributed by atoms with Crippen molar-refractivity contribution >= 4 is 17.6 Å². The maximum Gasteiger partial charge on any atom is 0.344 e. The molecule has 2 aromatic carbocycles. The third-order valence-corrected chi connectivity index (χ3v) is 3.74. The summed E-state index contributed by atoms with van der Waals surface area (Å²) in [7, 11) is 1.58. The zero-order chi connectivity index (χ0) is 18.4.